The number of hydrogen-bond acceptors (Lipinski definition) is 3. The van der Waals surface area contributed by atoms with Crippen molar-refractivity contribution in [3.05, 3.63) is 34.9 Å². The van der Waals surface area contributed by atoms with Crippen molar-refractivity contribution in [3.63, 3.8) is 0 Å². The van der Waals surface area contributed by atoms with E-state index in [4.69, 9.17) is 11.6 Å². The molecule has 19 heavy (non-hydrogen) atoms. The van der Waals surface area contributed by atoms with Gasteiger partial charge in [-0.1, -0.05) is 12.1 Å². The molecule has 0 aliphatic heterocycles. The molecule has 7 heteroatoms. The average molecular weight is 364 g/mol. The van der Waals surface area contributed by atoms with Crippen LogP contribution < -0.4 is 4.72 Å². The van der Waals surface area contributed by atoms with E-state index < -0.39 is 10.0 Å². The van der Waals surface area contributed by atoms with Gasteiger partial charge in [0.2, 0.25) is 10.0 Å². The highest BCUT2D eigenvalue weighted by molar-refractivity contribution is 9.10. The molecular formula is C12H12BrClN2O2S. The van der Waals surface area contributed by atoms with E-state index in [-0.39, 0.29) is 5.75 Å². The number of fused-ring (bicyclic) bond motifs is 1. The first-order valence-corrected chi connectivity index (χ1v) is 8.60. The summed E-state index contributed by atoms with van der Waals surface area (Å²) >= 11 is 8.85. The molecule has 0 bridgehead atoms. The summed E-state index contributed by atoms with van der Waals surface area (Å²) < 4.78 is 27.1. The van der Waals surface area contributed by atoms with Crippen LogP contribution in [0.15, 0.2) is 34.9 Å². The lowest BCUT2D eigenvalue weighted by molar-refractivity contribution is 0.600. The smallest absolute Gasteiger partial charge is 0.232 e. The molecule has 0 fully saturated rings. The Morgan fingerprint density at radius 2 is 2.16 bits per heavy atom. The minimum atomic E-state index is -3.38. The van der Waals surface area contributed by atoms with Gasteiger partial charge in [0.1, 0.15) is 0 Å². The molecule has 1 aromatic heterocycles. The Balaban J connectivity index is 2.36. The molecule has 0 aliphatic carbocycles. The first-order valence-electron chi connectivity index (χ1n) is 5.62. The third-order valence-corrected chi connectivity index (χ3v) is 4.55. The van der Waals surface area contributed by atoms with Crippen LogP contribution >= 0.6 is 27.5 Å². The Morgan fingerprint density at radius 1 is 1.37 bits per heavy atom. The predicted molar refractivity (Wildman–Crippen MR) is 82.2 cm³/mol. The SMILES string of the molecule is O=S(=O)(CCCCl)Nc1cccc2cc(Br)cnc12. The van der Waals surface area contributed by atoms with Crippen LogP contribution in [0.4, 0.5) is 5.69 Å². The summed E-state index contributed by atoms with van der Waals surface area (Å²) in [5, 5.41) is 0.868. The number of nitrogens with one attached hydrogen (secondary N) is 1. The van der Waals surface area contributed by atoms with Crippen molar-refractivity contribution in [2.24, 2.45) is 0 Å². The Labute approximate surface area is 125 Å². The normalized spacial score (nSPS) is 11.7. The molecule has 0 atom stereocenters. The van der Waals surface area contributed by atoms with Crippen LogP contribution in [-0.2, 0) is 10.0 Å². The van der Waals surface area contributed by atoms with Crippen molar-refractivity contribution in [1.29, 1.82) is 0 Å². The van der Waals surface area contributed by atoms with E-state index in [1.165, 1.54) is 0 Å². The van der Waals surface area contributed by atoms with Crippen LogP contribution in [0, 0.1) is 0 Å². The van der Waals surface area contributed by atoms with E-state index in [0.717, 1.165) is 9.86 Å². The third-order valence-electron chi connectivity index (χ3n) is 2.49. The van der Waals surface area contributed by atoms with Crippen molar-refractivity contribution in [2.45, 2.75) is 6.42 Å². The van der Waals surface area contributed by atoms with Crippen molar-refractivity contribution in [2.75, 3.05) is 16.4 Å². The highest BCUT2D eigenvalue weighted by Gasteiger charge is 2.12. The lowest BCUT2D eigenvalue weighted by Gasteiger charge is -2.09. The second-order valence-corrected chi connectivity index (χ2v) is 7.13. The zero-order chi connectivity index (χ0) is 13.9. The van der Waals surface area contributed by atoms with Gasteiger partial charge in [-0.15, -0.1) is 11.6 Å². The number of benzene rings is 1. The fraction of sp³-hybridized carbons (Fsp3) is 0.250. The van der Waals surface area contributed by atoms with Gasteiger partial charge in [-0.25, -0.2) is 8.42 Å². The largest absolute Gasteiger partial charge is 0.281 e. The number of para-hydroxylation sites is 1. The second kappa shape index (κ2) is 6.07. The van der Waals surface area contributed by atoms with E-state index in [0.29, 0.717) is 23.5 Å². The van der Waals surface area contributed by atoms with E-state index in [2.05, 4.69) is 25.6 Å². The topological polar surface area (TPSA) is 59.1 Å². The first kappa shape index (κ1) is 14.6. The van der Waals surface area contributed by atoms with Gasteiger partial charge in [0.25, 0.3) is 0 Å². The molecule has 0 amide bonds. The number of anilines is 1. The third kappa shape index (κ3) is 3.81. The van der Waals surface area contributed by atoms with E-state index >= 15 is 0 Å². The highest BCUT2D eigenvalue weighted by Crippen LogP contribution is 2.24. The minimum Gasteiger partial charge on any atom is -0.281 e. The standard InChI is InChI=1S/C12H12BrClN2O2S/c13-10-7-9-3-1-4-11(12(9)15-8-10)16-19(17,18)6-2-5-14/h1,3-4,7-8,16H,2,5-6H2. The van der Waals surface area contributed by atoms with Crippen molar-refractivity contribution < 1.29 is 8.42 Å². The zero-order valence-electron chi connectivity index (χ0n) is 9.94. The van der Waals surface area contributed by atoms with Gasteiger partial charge >= 0.3 is 0 Å². The Morgan fingerprint density at radius 3 is 2.89 bits per heavy atom. The number of pyridine rings is 1. The molecule has 0 spiro atoms. The Hall–Kier alpha value is -0.850. The molecule has 1 N–H and O–H groups in total. The Bertz CT molecular complexity index is 691. The van der Waals surface area contributed by atoms with Gasteiger partial charge < -0.3 is 0 Å². The molecule has 0 radical (unpaired) electrons. The molecule has 1 heterocycles. The number of rotatable bonds is 5. The van der Waals surface area contributed by atoms with Gasteiger partial charge in [0.05, 0.1) is 17.0 Å². The molecule has 102 valence electrons. The number of alkyl halides is 1. The maximum atomic E-state index is 11.9. The minimum absolute atomic E-state index is 0.00339. The number of aromatic nitrogens is 1. The molecule has 0 saturated heterocycles. The van der Waals surface area contributed by atoms with E-state index in [1.807, 2.05) is 12.1 Å². The molecule has 4 nitrogen and oxygen atoms in total. The molecule has 0 unspecified atom stereocenters. The quantitative estimate of drug-likeness (QED) is 0.829. The van der Waals surface area contributed by atoms with Crippen LogP contribution in [0.25, 0.3) is 10.9 Å². The summed E-state index contributed by atoms with van der Waals surface area (Å²) in [7, 11) is -3.38. The molecule has 2 aromatic rings. The number of nitrogens with zero attached hydrogens (tertiary/aromatic N) is 1. The predicted octanol–water partition coefficient (Wildman–Crippen LogP) is 3.37. The van der Waals surface area contributed by atoms with Gasteiger partial charge in [-0.05, 0) is 34.5 Å². The summed E-state index contributed by atoms with van der Waals surface area (Å²) in [5.74, 6) is 0.324. The van der Waals surface area contributed by atoms with Crippen molar-refractivity contribution in [3.8, 4) is 0 Å². The number of halogens is 2. The first-order chi connectivity index (χ1) is 9.02. The summed E-state index contributed by atoms with van der Waals surface area (Å²) in [4.78, 5) is 4.25. The summed E-state index contributed by atoms with van der Waals surface area (Å²) in [6, 6.07) is 7.25. The van der Waals surface area contributed by atoms with Crippen molar-refractivity contribution in [1.82, 2.24) is 4.98 Å². The molecule has 2 rings (SSSR count). The van der Waals surface area contributed by atoms with Gasteiger partial charge in [-0.3, -0.25) is 9.71 Å². The number of hydrogen-bond donors (Lipinski definition) is 1. The fourth-order valence-electron chi connectivity index (χ4n) is 1.68. The van der Waals surface area contributed by atoms with Gasteiger partial charge in [0.15, 0.2) is 0 Å². The van der Waals surface area contributed by atoms with Crippen LogP contribution in [0.5, 0.6) is 0 Å². The summed E-state index contributed by atoms with van der Waals surface area (Å²) in [6.07, 6.45) is 2.06. The lowest BCUT2D eigenvalue weighted by atomic mass is 10.2. The van der Waals surface area contributed by atoms with E-state index in [9.17, 15) is 8.42 Å². The second-order valence-electron chi connectivity index (χ2n) is 3.99. The van der Waals surface area contributed by atoms with E-state index in [1.54, 1.807) is 18.3 Å². The van der Waals surface area contributed by atoms with Crippen LogP contribution in [0.2, 0.25) is 0 Å². The van der Waals surface area contributed by atoms with Gasteiger partial charge in [0, 0.05) is 21.9 Å². The summed E-state index contributed by atoms with van der Waals surface area (Å²) in [5.41, 5.74) is 1.11. The highest BCUT2D eigenvalue weighted by atomic mass is 79.9. The Kier molecular flexibility index (Phi) is 4.65. The lowest BCUT2D eigenvalue weighted by Crippen LogP contribution is -2.17. The maximum absolute atomic E-state index is 11.9. The molecule has 1 aromatic carbocycles. The van der Waals surface area contributed by atoms with Gasteiger partial charge in [-0.2, -0.15) is 0 Å². The van der Waals surface area contributed by atoms with Crippen LogP contribution in [-0.4, -0.2) is 25.0 Å². The molecule has 0 aliphatic rings. The monoisotopic (exact) mass is 362 g/mol. The molecular weight excluding hydrogens is 352 g/mol. The zero-order valence-corrected chi connectivity index (χ0v) is 13.1. The fourth-order valence-corrected chi connectivity index (χ4v) is 3.45. The maximum Gasteiger partial charge on any atom is 0.232 e. The molecule has 0 saturated carbocycles. The number of sulfonamides is 1. The van der Waals surface area contributed by atoms with Crippen LogP contribution in [0.3, 0.4) is 0 Å². The summed E-state index contributed by atoms with van der Waals surface area (Å²) in [6.45, 7) is 0. The average Bonchev–Trinajstić information content (AvgIpc) is 2.36. The van der Waals surface area contributed by atoms with Crippen molar-refractivity contribution >= 4 is 54.1 Å². The van der Waals surface area contributed by atoms with Crippen LogP contribution in [0.1, 0.15) is 6.42 Å².